The fourth-order valence-corrected chi connectivity index (χ4v) is 5.54. The van der Waals surface area contributed by atoms with Gasteiger partial charge in [0, 0.05) is 0 Å². The summed E-state index contributed by atoms with van der Waals surface area (Å²) >= 11 is 0. The van der Waals surface area contributed by atoms with Crippen LogP contribution in [0.1, 0.15) is 0 Å². The van der Waals surface area contributed by atoms with Crippen LogP contribution in [0.4, 0.5) is 0 Å². The van der Waals surface area contributed by atoms with E-state index >= 15 is 0 Å². The predicted octanol–water partition coefficient (Wildman–Crippen LogP) is 1.18. The zero-order valence-electron chi connectivity index (χ0n) is 15.6. The lowest BCUT2D eigenvalue weighted by Crippen LogP contribution is -2.54. The van der Waals surface area contributed by atoms with E-state index < -0.39 is 46.7 Å². The molecule has 160 valence electrons. The van der Waals surface area contributed by atoms with E-state index in [2.05, 4.69) is 10.6 Å². The molecule has 3 rings (SSSR count). The van der Waals surface area contributed by atoms with Gasteiger partial charge in [0.25, 0.3) is 0 Å². The molecule has 0 atom stereocenters. The number of rotatable bonds is 6. The average Bonchev–Trinajstić information content (AvgIpc) is 2.75. The van der Waals surface area contributed by atoms with Gasteiger partial charge in [0.15, 0.2) is 0 Å². The average molecular weight is 454 g/mol. The van der Waals surface area contributed by atoms with Gasteiger partial charge in [0.2, 0.25) is 20.0 Å². The highest BCUT2D eigenvalue weighted by atomic mass is 32.2. The zero-order chi connectivity index (χ0) is 21.8. The molecular formula is C16H18N6O6S2. The van der Waals surface area contributed by atoms with Crippen LogP contribution < -0.4 is 0 Å². The second-order valence-electron chi connectivity index (χ2n) is 6.28. The smallest absolute Gasteiger partial charge is 0.230 e. The Morgan fingerprint density at radius 3 is 1.13 bits per heavy atom. The normalized spacial score (nSPS) is 17.2. The maximum atomic E-state index is 12.9. The maximum Gasteiger partial charge on any atom is 0.246 e. The van der Waals surface area contributed by atoms with Crippen LogP contribution in [0.15, 0.2) is 81.0 Å². The van der Waals surface area contributed by atoms with Gasteiger partial charge in [-0.25, -0.2) is 26.9 Å². The zero-order valence-corrected chi connectivity index (χ0v) is 17.2. The number of benzene rings is 2. The van der Waals surface area contributed by atoms with E-state index in [9.17, 15) is 26.6 Å². The van der Waals surface area contributed by atoms with Gasteiger partial charge in [0.1, 0.15) is 26.7 Å². The minimum Gasteiger partial charge on any atom is -0.230 e. The van der Waals surface area contributed by atoms with E-state index in [-0.39, 0.29) is 9.79 Å². The van der Waals surface area contributed by atoms with Gasteiger partial charge >= 0.3 is 0 Å². The Hall–Kier alpha value is -2.94. The van der Waals surface area contributed by atoms with Crippen LogP contribution in [0, 0.1) is 9.81 Å². The fourth-order valence-electron chi connectivity index (χ4n) is 2.80. The van der Waals surface area contributed by atoms with Gasteiger partial charge in [-0.2, -0.15) is 8.61 Å². The van der Waals surface area contributed by atoms with Crippen molar-refractivity contribution in [1.82, 2.24) is 18.6 Å². The molecule has 0 unspecified atom stereocenters. The quantitative estimate of drug-likeness (QED) is 0.593. The molecule has 0 aliphatic carbocycles. The Labute approximate surface area is 173 Å². The molecule has 0 bridgehead atoms. The van der Waals surface area contributed by atoms with Gasteiger partial charge < -0.3 is 0 Å². The molecule has 0 amide bonds. The van der Waals surface area contributed by atoms with Gasteiger partial charge in [-0.1, -0.05) is 36.4 Å². The van der Waals surface area contributed by atoms with E-state index in [1.165, 1.54) is 48.5 Å². The monoisotopic (exact) mass is 454 g/mol. The van der Waals surface area contributed by atoms with Crippen molar-refractivity contribution in [2.24, 2.45) is 10.6 Å². The summed E-state index contributed by atoms with van der Waals surface area (Å²) in [5.41, 5.74) is 0. The summed E-state index contributed by atoms with van der Waals surface area (Å²) in [6.07, 6.45) is 0. The second-order valence-corrected chi connectivity index (χ2v) is 10.2. The standard InChI is InChI=1S/C16H18N6O6S2/c23-17-19-11-21(29(25,26)15-7-3-1-4-8-15)12-20(18-24)14-22(13-19)30(27,28)16-9-5-2-6-10-16/h1-10H,11-14H2. The minimum absolute atomic E-state index is 0.0592. The van der Waals surface area contributed by atoms with Crippen molar-refractivity contribution in [3.63, 3.8) is 0 Å². The van der Waals surface area contributed by atoms with Gasteiger partial charge in [0.05, 0.1) is 20.4 Å². The topological polar surface area (TPSA) is 140 Å². The predicted molar refractivity (Wildman–Crippen MR) is 106 cm³/mol. The molecule has 2 aromatic carbocycles. The van der Waals surface area contributed by atoms with Crippen LogP contribution in [0.5, 0.6) is 0 Å². The molecule has 30 heavy (non-hydrogen) atoms. The van der Waals surface area contributed by atoms with Gasteiger partial charge in [-0.05, 0) is 24.3 Å². The molecule has 0 spiro atoms. The number of sulfonamides is 2. The van der Waals surface area contributed by atoms with Crippen molar-refractivity contribution in [3.05, 3.63) is 70.5 Å². The third kappa shape index (κ3) is 4.46. The van der Waals surface area contributed by atoms with Gasteiger partial charge in [-0.15, -0.1) is 9.81 Å². The van der Waals surface area contributed by atoms with Crippen molar-refractivity contribution in [2.75, 3.05) is 26.7 Å². The molecule has 0 aromatic heterocycles. The molecule has 1 aliphatic heterocycles. The number of nitrogens with zero attached hydrogens (tertiary/aromatic N) is 6. The summed E-state index contributed by atoms with van der Waals surface area (Å²) in [5, 5.41) is 7.00. The third-order valence-corrected chi connectivity index (χ3v) is 7.83. The highest BCUT2D eigenvalue weighted by molar-refractivity contribution is 7.89. The van der Waals surface area contributed by atoms with Crippen LogP contribution in [-0.4, -0.2) is 62.1 Å². The summed E-state index contributed by atoms with van der Waals surface area (Å²) in [6.45, 7) is -2.30. The second kappa shape index (κ2) is 8.83. The summed E-state index contributed by atoms with van der Waals surface area (Å²) < 4.78 is 53.3. The lowest BCUT2D eigenvalue weighted by Gasteiger charge is -2.36. The first-order valence-electron chi connectivity index (χ1n) is 8.56. The van der Waals surface area contributed by atoms with Crippen molar-refractivity contribution in [1.29, 1.82) is 0 Å². The van der Waals surface area contributed by atoms with Crippen molar-refractivity contribution >= 4 is 20.0 Å². The highest BCUT2D eigenvalue weighted by Gasteiger charge is 2.36. The Morgan fingerprint density at radius 2 is 0.867 bits per heavy atom. The van der Waals surface area contributed by atoms with Gasteiger partial charge in [-0.3, -0.25) is 0 Å². The molecule has 1 fully saturated rings. The molecule has 1 aliphatic rings. The maximum absolute atomic E-state index is 12.9. The van der Waals surface area contributed by atoms with Crippen molar-refractivity contribution < 1.29 is 16.8 Å². The van der Waals surface area contributed by atoms with Crippen LogP contribution in [0.25, 0.3) is 0 Å². The molecule has 1 heterocycles. The van der Waals surface area contributed by atoms with Crippen molar-refractivity contribution in [3.8, 4) is 0 Å². The summed E-state index contributed by atoms with van der Waals surface area (Å²) in [6, 6.07) is 14.8. The first-order chi connectivity index (χ1) is 14.3. The summed E-state index contributed by atoms with van der Waals surface area (Å²) in [7, 11) is -8.22. The van der Waals surface area contributed by atoms with E-state index in [0.717, 1.165) is 18.6 Å². The summed E-state index contributed by atoms with van der Waals surface area (Å²) in [4.78, 5) is 22.5. The van der Waals surface area contributed by atoms with Crippen LogP contribution in [0.2, 0.25) is 0 Å². The SMILES string of the molecule is O=NN1CN(S(=O)(=O)c2ccccc2)CN(N=O)CN(S(=O)(=O)c2ccccc2)C1. The molecule has 0 N–H and O–H groups in total. The van der Waals surface area contributed by atoms with Crippen LogP contribution in [-0.2, 0) is 20.0 Å². The molecular weight excluding hydrogens is 436 g/mol. The largest absolute Gasteiger partial charge is 0.246 e. The minimum atomic E-state index is -4.11. The fraction of sp³-hybridized carbons (Fsp3) is 0.250. The van der Waals surface area contributed by atoms with Crippen molar-refractivity contribution in [2.45, 2.75) is 9.79 Å². The van der Waals surface area contributed by atoms with Crippen LogP contribution >= 0.6 is 0 Å². The summed E-state index contributed by atoms with van der Waals surface area (Å²) in [5.74, 6) is 0. The van der Waals surface area contributed by atoms with E-state index in [1.54, 1.807) is 12.1 Å². The Balaban J connectivity index is 1.94. The Bertz CT molecular complexity index is 996. The molecule has 2 aromatic rings. The molecule has 12 nitrogen and oxygen atoms in total. The number of hydrogen-bond acceptors (Lipinski definition) is 8. The first kappa shape index (κ1) is 21.8. The first-order valence-corrected chi connectivity index (χ1v) is 11.4. The molecule has 0 saturated carbocycles. The number of hydrogen-bond donors (Lipinski definition) is 0. The molecule has 14 heteroatoms. The molecule has 1 saturated heterocycles. The third-order valence-electron chi connectivity index (χ3n) is 4.28. The Kier molecular flexibility index (Phi) is 6.40. The van der Waals surface area contributed by atoms with Crippen LogP contribution in [0.3, 0.4) is 0 Å². The van der Waals surface area contributed by atoms with E-state index in [4.69, 9.17) is 0 Å². The lowest BCUT2D eigenvalue weighted by atomic mass is 10.4. The highest BCUT2D eigenvalue weighted by Crippen LogP contribution is 2.22. The van der Waals surface area contributed by atoms with E-state index in [0.29, 0.717) is 0 Å². The number of nitroso groups, excluding NO2 is 2. The lowest BCUT2D eigenvalue weighted by molar-refractivity contribution is 0.0405. The Morgan fingerprint density at radius 1 is 0.567 bits per heavy atom. The van der Waals surface area contributed by atoms with E-state index in [1.807, 2.05) is 0 Å². The molecule has 0 radical (unpaired) electrons.